The lowest BCUT2D eigenvalue weighted by Crippen LogP contribution is -2.37. The molecule has 1 aromatic heterocycles. The molecule has 0 fully saturated rings. The molecule has 1 rings (SSSR count). The third kappa shape index (κ3) is 3.96. The number of hydrogen-bond donors (Lipinski definition) is 2. The maximum atomic E-state index is 12.6. The average molecular weight is 282 g/mol. The first-order valence-electron chi connectivity index (χ1n) is 7.00. The van der Waals surface area contributed by atoms with Crippen LogP contribution in [-0.4, -0.2) is 47.8 Å². The molecule has 6 nitrogen and oxygen atoms in total. The first kappa shape index (κ1) is 16.5. The predicted octanol–water partition coefficient (Wildman–Crippen LogP) is 1.86. The first-order valence-corrected chi connectivity index (χ1v) is 7.00. The van der Waals surface area contributed by atoms with Crippen LogP contribution in [0.2, 0.25) is 0 Å². The SMILES string of the molecule is COCCN(CC(C)C)C(=O)c1n[nH]c(C(C)C)c1N. The lowest BCUT2D eigenvalue weighted by Gasteiger charge is -2.23. The maximum Gasteiger partial charge on any atom is 0.276 e. The number of aromatic amines is 1. The second kappa shape index (κ2) is 7.28. The summed E-state index contributed by atoms with van der Waals surface area (Å²) in [6.45, 7) is 9.85. The minimum atomic E-state index is -0.142. The summed E-state index contributed by atoms with van der Waals surface area (Å²) >= 11 is 0. The molecular weight excluding hydrogens is 256 g/mol. The fraction of sp³-hybridized carbons (Fsp3) is 0.714. The number of nitrogens with one attached hydrogen (secondary N) is 1. The molecule has 1 heterocycles. The molecular formula is C14H26N4O2. The van der Waals surface area contributed by atoms with Gasteiger partial charge < -0.3 is 15.4 Å². The summed E-state index contributed by atoms with van der Waals surface area (Å²) < 4.78 is 5.06. The van der Waals surface area contributed by atoms with Crippen molar-refractivity contribution in [2.75, 3.05) is 32.5 Å². The Morgan fingerprint density at radius 2 is 2.05 bits per heavy atom. The van der Waals surface area contributed by atoms with Gasteiger partial charge in [-0.2, -0.15) is 5.10 Å². The van der Waals surface area contributed by atoms with Crippen LogP contribution in [0, 0.1) is 5.92 Å². The molecule has 3 N–H and O–H groups in total. The highest BCUT2D eigenvalue weighted by atomic mass is 16.5. The van der Waals surface area contributed by atoms with Gasteiger partial charge in [-0.05, 0) is 11.8 Å². The van der Waals surface area contributed by atoms with Gasteiger partial charge >= 0.3 is 0 Å². The van der Waals surface area contributed by atoms with E-state index in [1.807, 2.05) is 13.8 Å². The highest BCUT2D eigenvalue weighted by Crippen LogP contribution is 2.23. The van der Waals surface area contributed by atoms with Crippen molar-refractivity contribution in [2.24, 2.45) is 5.92 Å². The third-order valence-corrected chi connectivity index (χ3v) is 3.05. The zero-order valence-electron chi connectivity index (χ0n) is 13.1. The summed E-state index contributed by atoms with van der Waals surface area (Å²) in [7, 11) is 1.62. The molecule has 0 aliphatic heterocycles. The molecule has 0 saturated carbocycles. The topological polar surface area (TPSA) is 84.2 Å². The van der Waals surface area contributed by atoms with Gasteiger partial charge in [0.2, 0.25) is 0 Å². The van der Waals surface area contributed by atoms with Crippen LogP contribution in [0.1, 0.15) is 49.8 Å². The highest BCUT2D eigenvalue weighted by Gasteiger charge is 2.24. The molecule has 0 spiro atoms. The number of nitrogens with zero attached hydrogens (tertiary/aromatic N) is 2. The Bertz CT molecular complexity index is 440. The van der Waals surface area contributed by atoms with Gasteiger partial charge in [0, 0.05) is 20.2 Å². The third-order valence-electron chi connectivity index (χ3n) is 3.05. The Morgan fingerprint density at radius 1 is 1.40 bits per heavy atom. The number of amides is 1. The monoisotopic (exact) mass is 282 g/mol. The van der Waals surface area contributed by atoms with Crippen LogP contribution in [0.15, 0.2) is 0 Å². The molecule has 6 heteroatoms. The highest BCUT2D eigenvalue weighted by molar-refractivity contribution is 5.97. The largest absolute Gasteiger partial charge is 0.395 e. The number of aromatic nitrogens is 2. The molecule has 0 aliphatic carbocycles. The van der Waals surface area contributed by atoms with E-state index in [4.69, 9.17) is 10.5 Å². The molecule has 1 aromatic rings. The molecule has 114 valence electrons. The van der Waals surface area contributed by atoms with Gasteiger partial charge in [0.15, 0.2) is 5.69 Å². The minimum Gasteiger partial charge on any atom is -0.395 e. The van der Waals surface area contributed by atoms with E-state index in [2.05, 4.69) is 24.0 Å². The number of rotatable bonds is 7. The average Bonchev–Trinajstić information content (AvgIpc) is 2.75. The quantitative estimate of drug-likeness (QED) is 0.799. The number of carbonyl (C=O) groups excluding carboxylic acids is 1. The van der Waals surface area contributed by atoms with Crippen molar-refractivity contribution in [2.45, 2.75) is 33.6 Å². The van der Waals surface area contributed by atoms with Crippen molar-refractivity contribution in [3.05, 3.63) is 11.4 Å². The number of ether oxygens (including phenoxy) is 1. The standard InChI is InChI=1S/C14H26N4O2/c1-9(2)8-18(6-7-20-5)14(19)13-11(15)12(10(3)4)16-17-13/h9-10H,6-8,15H2,1-5H3,(H,16,17). The molecule has 0 unspecified atom stereocenters. The van der Waals surface area contributed by atoms with E-state index in [1.54, 1.807) is 12.0 Å². The summed E-state index contributed by atoms with van der Waals surface area (Å²) in [5.41, 5.74) is 7.61. The van der Waals surface area contributed by atoms with Crippen LogP contribution < -0.4 is 5.73 Å². The Balaban J connectivity index is 2.93. The lowest BCUT2D eigenvalue weighted by molar-refractivity contribution is 0.0667. The van der Waals surface area contributed by atoms with Crippen LogP contribution in [0.25, 0.3) is 0 Å². The zero-order valence-corrected chi connectivity index (χ0v) is 13.1. The summed E-state index contributed by atoms with van der Waals surface area (Å²) in [6.07, 6.45) is 0. The van der Waals surface area contributed by atoms with Crippen LogP contribution in [0.5, 0.6) is 0 Å². The first-order chi connectivity index (χ1) is 9.38. The van der Waals surface area contributed by atoms with Gasteiger partial charge in [0.05, 0.1) is 18.0 Å². The van der Waals surface area contributed by atoms with E-state index < -0.39 is 0 Å². The fourth-order valence-corrected chi connectivity index (χ4v) is 2.04. The molecule has 0 saturated heterocycles. The van der Waals surface area contributed by atoms with Gasteiger partial charge in [-0.15, -0.1) is 0 Å². The normalized spacial score (nSPS) is 11.3. The molecule has 20 heavy (non-hydrogen) atoms. The summed E-state index contributed by atoms with van der Waals surface area (Å²) in [5, 5.41) is 6.96. The maximum absolute atomic E-state index is 12.6. The number of H-pyrrole nitrogens is 1. The fourth-order valence-electron chi connectivity index (χ4n) is 2.04. The van der Waals surface area contributed by atoms with Gasteiger partial charge in [0.1, 0.15) is 0 Å². The second-order valence-corrected chi connectivity index (χ2v) is 5.69. The number of nitrogen functional groups attached to an aromatic ring is 1. The number of nitrogens with two attached hydrogens (primary N) is 1. The van der Waals surface area contributed by atoms with Gasteiger partial charge in [-0.3, -0.25) is 9.89 Å². The van der Waals surface area contributed by atoms with E-state index in [1.165, 1.54) is 0 Å². The molecule has 0 aromatic carbocycles. The number of methoxy groups -OCH3 is 1. The van der Waals surface area contributed by atoms with Gasteiger partial charge in [-0.25, -0.2) is 0 Å². The van der Waals surface area contributed by atoms with Crippen LogP contribution in [0.4, 0.5) is 5.69 Å². The Labute approximate surface area is 120 Å². The number of carbonyl (C=O) groups is 1. The molecule has 0 radical (unpaired) electrons. The summed E-state index contributed by atoms with van der Waals surface area (Å²) in [5.74, 6) is 0.443. The molecule has 0 atom stereocenters. The second-order valence-electron chi connectivity index (χ2n) is 5.69. The van der Waals surface area contributed by atoms with E-state index in [0.29, 0.717) is 37.0 Å². The van der Waals surface area contributed by atoms with E-state index >= 15 is 0 Å². The van der Waals surface area contributed by atoms with E-state index in [-0.39, 0.29) is 11.8 Å². The predicted molar refractivity (Wildman–Crippen MR) is 79.7 cm³/mol. The van der Waals surface area contributed by atoms with E-state index in [9.17, 15) is 4.79 Å². The minimum absolute atomic E-state index is 0.142. The Morgan fingerprint density at radius 3 is 2.50 bits per heavy atom. The van der Waals surface area contributed by atoms with Gasteiger partial charge in [-0.1, -0.05) is 27.7 Å². The van der Waals surface area contributed by atoms with Crippen molar-refractivity contribution in [3.8, 4) is 0 Å². The molecule has 0 bridgehead atoms. The summed E-state index contributed by atoms with van der Waals surface area (Å²) in [6, 6.07) is 0. The van der Waals surface area contributed by atoms with E-state index in [0.717, 1.165) is 5.69 Å². The zero-order chi connectivity index (χ0) is 15.3. The van der Waals surface area contributed by atoms with Crippen LogP contribution in [-0.2, 0) is 4.74 Å². The van der Waals surface area contributed by atoms with Gasteiger partial charge in [0.25, 0.3) is 5.91 Å². The smallest absolute Gasteiger partial charge is 0.276 e. The molecule has 1 amide bonds. The van der Waals surface area contributed by atoms with Crippen LogP contribution >= 0.6 is 0 Å². The van der Waals surface area contributed by atoms with Crippen molar-refractivity contribution in [1.82, 2.24) is 15.1 Å². The van der Waals surface area contributed by atoms with Crippen molar-refractivity contribution in [3.63, 3.8) is 0 Å². The van der Waals surface area contributed by atoms with Crippen LogP contribution in [0.3, 0.4) is 0 Å². The number of anilines is 1. The van der Waals surface area contributed by atoms with Crippen molar-refractivity contribution >= 4 is 11.6 Å². The lowest BCUT2D eigenvalue weighted by atomic mass is 10.1. The number of hydrogen-bond acceptors (Lipinski definition) is 4. The Hall–Kier alpha value is -1.56. The Kier molecular flexibility index (Phi) is 6.01. The molecule has 0 aliphatic rings. The summed E-state index contributed by atoms with van der Waals surface area (Å²) in [4.78, 5) is 14.3. The van der Waals surface area contributed by atoms with Crippen molar-refractivity contribution in [1.29, 1.82) is 0 Å². The van der Waals surface area contributed by atoms with Crippen molar-refractivity contribution < 1.29 is 9.53 Å².